The van der Waals surface area contributed by atoms with Crippen LogP contribution >= 0.6 is 0 Å². The normalized spacial score (nSPS) is 12.6. The lowest BCUT2D eigenvalue weighted by Gasteiger charge is -2.15. The quantitative estimate of drug-likeness (QED) is 0.598. The largest absolute Gasteiger partial charge is 0.272 e. The zero-order chi connectivity index (χ0) is 14.4. The van der Waals surface area contributed by atoms with Gasteiger partial charge in [-0.25, -0.2) is 0 Å². The Bertz CT molecular complexity index is 519. The summed E-state index contributed by atoms with van der Waals surface area (Å²) in [5.74, 6) is 5.69. The van der Waals surface area contributed by atoms with Crippen molar-refractivity contribution in [2.45, 2.75) is 38.6 Å². The molecule has 0 fully saturated rings. The van der Waals surface area contributed by atoms with Crippen molar-refractivity contribution in [3.63, 3.8) is 0 Å². The number of hydrogen-bond acceptors (Lipinski definition) is 3. The van der Waals surface area contributed by atoms with Crippen molar-refractivity contribution in [2.75, 3.05) is 0 Å². The van der Waals surface area contributed by atoms with Crippen LogP contribution in [0.2, 0.25) is 0 Å². The van der Waals surface area contributed by atoms with Crippen LogP contribution in [0.3, 0.4) is 0 Å². The molecule has 0 aliphatic rings. The van der Waals surface area contributed by atoms with E-state index in [2.05, 4.69) is 47.8 Å². The van der Waals surface area contributed by atoms with Crippen molar-refractivity contribution in [3.05, 3.63) is 53.3 Å². The summed E-state index contributed by atoms with van der Waals surface area (Å²) in [6.45, 7) is 2.13. The van der Waals surface area contributed by atoms with E-state index >= 15 is 0 Å². The summed E-state index contributed by atoms with van der Waals surface area (Å²) >= 11 is 0. The monoisotopic (exact) mass is 272 g/mol. The number of benzene rings is 1. The van der Waals surface area contributed by atoms with Gasteiger partial charge in [0.05, 0.1) is 5.69 Å². The Morgan fingerprint density at radius 2 is 2.05 bits per heavy atom. The van der Waals surface area contributed by atoms with E-state index in [0.29, 0.717) is 0 Å². The highest BCUT2D eigenvalue weighted by molar-refractivity contribution is 5.15. The maximum Gasteiger partial charge on any atom is 0.0624 e. The molecule has 4 nitrogen and oxygen atoms in total. The van der Waals surface area contributed by atoms with E-state index in [1.54, 1.807) is 0 Å². The summed E-state index contributed by atoms with van der Waals surface area (Å²) in [5.41, 5.74) is 6.66. The Balaban J connectivity index is 1.93. The van der Waals surface area contributed by atoms with Crippen LogP contribution in [0.1, 0.15) is 30.3 Å². The van der Waals surface area contributed by atoms with Crippen molar-refractivity contribution in [1.29, 1.82) is 0 Å². The first kappa shape index (κ1) is 14.8. The van der Waals surface area contributed by atoms with Crippen molar-refractivity contribution in [1.82, 2.24) is 15.2 Å². The second-order valence-corrected chi connectivity index (χ2v) is 5.20. The number of aryl methyl sites for hydroxylation is 3. The summed E-state index contributed by atoms with van der Waals surface area (Å²) in [6, 6.07) is 13.0. The van der Waals surface area contributed by atoms with Crippen molar-refractivity contribution in [3.8, 4) is 0 Å². The predicted molar refractivity (Wildman–Crippen MR) is 82.2 cm³/mol. The lowest BCUT2D eigenvalue weighted by atomic mass is 10.0. The molecule has 0 saturated heterocycles. The van der Waals surface area contributed by atoms with Gasteiger partial charge < -0.3 is 0 Å². The van der Waals surface area contributed by atoms with E-state index in [-0.39, 0.29) is 6.04 Å². The Labute approximate surface area is 121 Å². The lowest BCUT2D eigenvalue weighted by molar-refractivity contribution is 0.477. The number of nitrogens with two attached hydrogens (primary N) is 1. The van der Waals surface area contributed by atoms with E-state index in [1.807, 2.05) is 17.8 Å². The van der Waals surface area contributed by atoms with E-state index in [1.165, 1.54) is 11.3 Å². The fourth-order valence-electron chi connectivity index (χ4n) is 2.42. The van der Waals surface area contributed by atoms with Crippen LogP contribution < -0.4 is 11.3 Å². The topological polar surface area (TPSA) is 55.9 Å². The molecule has 1 aromatic carbocycles. The predicted octanol–water partition coefficient (Wildman–Crippen LogP) is 1.99. The molecule has 3 N–H and O–H groups in total. The van der Waals surface area contributed by atoms with Gasteiger partial charge in [0.1, 0.15) is 0 Å². The van der Waals surface area contributed by atoms with Gasteiger partial charge in [0.15, 0.2) is 0 Å². The third kappa shape index (κ3) is 3.92. The molecular formula is C16H24N4. The van der Waals surface area contributed by atoms with Crippen molar-refractivity contribution >= 4 is 0 Å². The Morgan fingerprint density at radius 1 is 1.30 bits per heavy atom. The van der Waals surface area contributed by atoms with Crippen LogP contribution in [0, 0.1) is 0 Å². The molecule has 0 radical (unpaired) electrons. The van der Waals surface area contributed by atoms with Crippen LogP contribution in [0.25, 0.3) is 0 Å². The van der Waals surface area contributed by atoms with E-state index < -0.39 is 0 Å². The van der Waals surface area contributed by atoms with E-state index in [0.717, 1.165) is 31.4 Å². The minimum Gasteiger partial charge on any atom is -0.272 e. The molecule has 2 rings (SSSR count). The molecule has 2 aromatic rings. The summed E-state index contributed by atoms with van der Waals surface area (Å²) in [6.07, 6.45) is 3.94. The zero-order valence-electron chi connectivity index (χ0n) is 12.3. The molecular weight excluding hydrogens is 248 g/mol. The van der Waals surface area contributed by atoms with Gasteiger partial charge in [0.2, 0.25) is 0 Å². The van der Waals surface area contributed by atoms with E-state index in [9.17, 15) is 0 Å². The molecule has 0 spiro atoms. The molecule has 0 aliphatic heterocycles. The maximum absolute atomic E-state index is 5.69. The Morgan fingerprint density at radius 3 is 2.65 bits per heavy atom. The highest BCUT2D eigenvalue weighted by atomic mass is 15.3. The van der Waals surface area contributed by atoms with Crippen LogP contribution in [-0.2, 0) is 26.3 Å². The fourth-order valence-corrected chi connectivity index (χ4v) is 2.42. The average molecular weight is 272 g/mol. The molecule has 0 saturated carbocycles. The lowest BCUT2D eigenvalue weighted by Crippen LogP contribution is -2.37. The SMILES string of the molecule is CCc1cc(CC(CCc2ccccc2)NN)n(C)n1. The van der Waals surface area contributed by atoms with Gasteiger partial charge in [0.25, 0.3) is 0 Å². The van der Waals surface area contributed by atoms with Gasteiger partial charge in [-0.3, -0.25) is 16.0 Å². The molecule has 20 heavy (non-hydrogen) atoms. The minimum atomic E-state index is 0.273. The highest BCUT2D eigenvalue weighted by Crippen LogP contribution is 2.11. The molecule has 0 aliphatic carbocycles. The smallest absolute Gasteiger partial charge is 0.0624 e. The standard InChI is InChI=1S/C16H24N4/c1-3-14-11-16(20(2)19-14)12-15(18-17)10-9-13-7-5-4-6-8-13/h4-8,11,15,18H,3,9-10,12,17H2,1-2H3. The first-order valence-electron chi connectivity index (χ1n) is 7.24. The molecule has 1 atom stereocenters. The van der Waals surface area contributed by atoms with Gasteiger partial charge in [-0.15, -0.1) is 0 Å². The number of hydrazine groups is 1. The van der Waals surface area contributed by atoms with Crippen molar-refractivity contribution in [2.24, 2.45) is 12.9 Å². The average Bonchev–Trinajstić information content (AvgIpc) is 2.84. The van der Waals surface area contributed by atoms with Crippen molar-refractivity contribution < 1.29 is 0 Å². The maximum atomic E-state index is 5.69. The second kappa shape index (κ2) is 7.22. The number of hydrogen-bond donors (Lipinski definition) is 2. The molecule has 4 heteroatoms. The van der Waals surface area contributed by atoms with Gasteiger partial charge in [-0.05, 0) is 30.9 Å². The molecule has 1 unspecified atom stereocenters. The summed E-state index contributed by atoms with van der Waals surface area (Å²) < 4.78 is 1.96. The van der Waals surface area contributed by atoms with Gasteiger partial charge >= 0.3 is 0 Å². The third-order valence-electron chi connectivity index (χ3n) is 3.71. The Kier molecular flexibility index (Phi) is 5.32. The molecule has 108 valence electrons. The molecule has 1 aromatic heterocycles. The molecule has 0 amide bonds. The second-order valence-electron chi connectivity index (χ2n) is 5.20. The summed E-state index contributed by atoms with van der Waals surface area (Å²) in [7, 11) is 2.00. The summed E-state index contributed by atoms with van der Waals surface area (Å²) in [5, 5.41) is 4.48. The number of nitrogens with zero attached hydrogens (tertiary/aromatic N) is 2. The highest BCUT2D eigenvalue weighted by Gasteiger charge is 2.12. The van der Waals surface area contributed by atoms with Gasteiger partial charge in [-0.1, -0.05) is 37.3 Å². The Hall–Kier alpha value is -1.65. The molecule has 0 bridgehead atoms. The minimum absolute atomic E-state index is 0.273. The van der Waals surface area contributed by atoms with Gasteiger partial charge in [-0.2, -0.15) is 5.10 Å². The summed E-state index contributed by atoms with van der Waals surface area (Å²) in [4.78, 5) is 0. The number of aromatic nitrogens is 2. The third-order valence-corrected chi connectivity index (χ3v) is 3.71. The number of nitrogens with one attached hydrogen (secondary N) is 1. The number of rotatable bonds is 7. The van der Waals surface area contributed by atoms with Crippen LogP contribution in [0.15, 0.2) is 36.4 Å². The van der Waals surface area contributed by atoms with Gasteiger partial charge in [0, 0.05) is 25.2 Å². The fraction of sp³-hybridized carbons (Fsp3) is 0.438. The van der Waals surface area contributed by atoms with Crippen LogP contribution in [0.4, 0.5) is 0 Å². The zero-order valence-corrected chi connectivity index (χ0v) is 12.3. The van der Waals surface area contributed by atoms with Crippen LogP contribution in [0.5, 0.6) is 0 Å². The first-order chi connectivity index (χ1) is 9.72. The molecule has 1 heterocycles. The first-order valence-corrected chi connectivity index (χ1v) is 7.24. The van der Waals surface area contributed by atoms with Crippen LogP contribution in [-0.4, -0.2) is 15.8 Å². The van der Waals surface area contributed by atoms with E-state index in [4.69, 9.17) is 5.84 Å².